The molecule has 0 radical (unpaired) electrons. The van der Waals surface area contributed by atoms with E-state index >= 15 is 0 Å². The zero-order valence-corrected chi connectivity index (χ0v) is 10.0. The first-order valence-electron chi connectivity index (χ1n) is 6.15. The first-order chi connectivity index (χ1) is 8.83. The maximum absolute atomic E-state index is 12.0. The highest BCUT2D eigenvalue weighted by Crippen LogP contribution is 2.18. The van der Waals surface area contributed by atoms with Crippen molar-refractivity contribution in [2.45, 2.75) is 12.8 Å². The first kappa shape index (κ1) is 11.2. The molecule has 1 saturated heterocycles. The number of aromatic nitrogens is 2. The number of nitrogens with one attached hydrogen (secondary N) is 1. The van der Waals surface area contributed by atoms with Crippen LogP contribution in [0.2, 0.25) is 0 Å². The molecule has 0 saturated carbocycles. The summed E-state index contributed by atoms with van der Waals surface area (Å²) in [6.07, 6.45) is 5.16. The maximum Gasteiger partial charge on any atom is 0.227 e. The molecule has 94 valence electrons. The van der Waals surface area contributed by atoms with E-state index in [0.717, 1.165) is 24.0 Å². The quantitative estimate of drug-likeness (QED) is 0.876. The van der Waals surface area contributed by atoms with Crippen LogP contribution in [0.5, 0.6) is 0 Å². The minimum absolute atomic E-state index is 0.0621. The lowest BCUT2D eigenvalue weighted by molar-refractivity contribution is -0.122. The number of pyridine rings is 1. The number of ether oxygens (including phenoxy) is 1. The molecule has 0 bridgehead atoms. The molecular weight excluding hydrogens is 230 g/mol. The van der Waals surface area contributed by atoms with Crippen LogP contribution in [0, 0.1) is 5.92 Å². The largest absolute Gasteiger partial charge is 0.381 e. The molecule has 5 heteroatoms. The van der Waals surface area contributed by atoms with Crippen LogP contribution in [0.3, 0.4) is 0 Å². The number of fused-ring (bicyclic) bond motifs is 1. The number of anilines is 1. The summed E-state index contributed by atoms with van der Waals surface area (Å²) in [5.74, 6) is 0.136. The van der Waals surface area contributed by atoms with Crippen LogP contribution in [-0.4, -0.2) is 28.7 Å². The Hall–Kier alpha value is -1.88. The molecule has 2 aromatic heterocycles. The lowest BCUT2D eigenvalue weighted by atomic mass is 9.99. The van der Waals surface area contributed by atoms with Gasteiger partial charge in [-0.05, 0) is 31.0 Å². The van der Waals surface area contributed by atoms with Crippen LogP contribution in [0.1, 0.15) is 12.8 Å². The van der Waals surface area contributed by atoms with Gasteiger partial charge in [-0.25, -0.2) is 4.52 Å². The topological polar surface area (TPSA) is 55.6 Å². The molecule has 1 aliphatic rings. The average molecular weight is 245 g/mol. The Kier molecular flexibility index (Phi) is 2.98. The van der Waals surface area contributed by atoms with Crippen LogP contribution in [0.15, 0.2) is 30.6 Å². The van der Waals surface area contributed by atoms with Crippen LogP contribution in [0.4, 0.5) is 5.69 Å². The fourth-order valence-corrected chi connectivity index (χ4v) is 2.19. The predicted octanol–water partition coefficient (Wildman–Crippen LogP) is 1.70. The van der Waals surface area contributed by atoms with E-state index in [9.17, 15) is 4.79 Å². The van der Waals surface area contributed by atoms with Crippen molar-refractivity contribution >= 4 is 17.1 Å². The summed E-state index contributed by atoms with van der Waals surface area (Å²) >= 11 is 0. The molecule has 0 unspecified atom stereocenters. The molecule has 0 aromatic carbocycles. The molecule has 3 heterocycles. The number of hydrogen-bond acceptors (Lipinski definition) is 3. The Morgan fingerprint density at radius 3 is 3.00 bits per heavy atom. The molecule has 1 amide bonds. The summed E-state index contributed by atoms with van der Waals surface area (Å²) < 4.78 is 7.00. The van der Waals surface area contributed by atoms with E-state index in [0.29, 0.717) is 13.2 Å². The van der Waals surface area contributed by atoms with Crippen LogP contribution >= 0.6 is 0 Å². The van der Waals surface area contributed by atoms with E-state index in [4.69, 9.17) is 4.74 Å². The minimum Gasteiger partial charge on any atom is -0.381 e. The van der Waals surface area contributed by atoms with Crippen molar-refractivity contribution < 1.29 is 9.53 Å². The van der Waals surface area contributed by atoms with Crippen molar-refractivity contribution in [3.8, 4) is 0 Å². The highest BCUT2D eigenvalue weighted by atomic mass is 16.5. The first-order valence-corrected chi connectivity index (χ1v) is 6.15. The summed E-state index contributed by atoms with van der Waals surface area (Å²) in [7, 11) is 0. The lowest BCUT2D eigenvalue weighted by Gasteiger charge is -2.21. The van der Waals surface area contributed by atoms with Gasteiger partial charge < -0.3 is 10.1 Å². The smallest absolute Gasteiger partial charge is 0.227 e. The highest BCUT2D eigenvalue weighted by Gasteiger charge is 2.21. The molecule has 2 aromatic rings. The van der Waals surface area contributed by atoms with Crippen LogP contribution < -0.4 is 5.32 Å². The number of hydrogen-bond donors (Lipinski definition) is 1. The van der Waals surface area contributed by atoms with Gasteiger partial charge in [-0.2, -0.15) is 5.10 Å². The van der Waals surface area contributed by atoms with E-state index in [-0.39, 0.29) is 11.8 Å². The number of carbonyl (C=O) groups excluding carboxylic acids is 1. The van der Waals surface area contributed by atoms with Crippen molar-refractivity contribution in [2.24, 2.45) is 5.92 Å². The van der Waals surface area contributed by atoms with Gasteiger partial charge in [0.05, 0.1) is 17.4 Å². The van der Waals surface area contributed by atoms with E-state index < -0.39 is 0 Å². The van der Waals surface area contributed by atoms with Crippen LogP contribution in [0.25, 0.3) is 5.52 Å². The van der Waals surface area contributed by atoms with Crippen molar-refractivity contribution in [1.29, 1.82) is 0 Å². The van der Waals surface area contributed by atoms with Gasteiger partial charge in [-0.1, -0.05) is 0 Å². The van der Waals surface area contributed by atoms with E-state index in [1.807, 2.05) is 24.4 Å². The number of rotatable bonds is 2. The SMILES string of the molecule is O=C(Nc1ccc2ccnn2c1)C1CCOCC1. The van der Waals surface area contributed by atoms with Gasteiger partial charge >= 0.3 is 0 Å². The molecule has 1 N–H and O–H groups in total. The van der Waals surface area contributed by atoms with E-state index in [1.165, 1.54) is 0 Å². The normalized spacial score (nSPS) is 16.9. The van der Waals surface area contributed by atoms with Crippen LogP contribution in [-0.2, 0) is 9.53 Å². The molecule has 0 spiro atoms. The second-order valence-electron chi connectivity index (χ2n) is 4.49. The predicted molar refractivity (Wildman–Crippen MR) is 67.4 cm³/mol. The third-order valence-electron chi connectivity index (χ3n) is 3.26. The van der Waals surface area contributed by atoms with Crippen molar-refractivity contribution in [3.05, 3.63) is 30.6 Å². The summed E-state index contributed by atoms with van der Waals surface area (Å²) in [6, 6.07) is 5.75. The minimum atomic E-state index is 0.0621. The van der Waals surface area contributed by atoms with Gasteiger partial charge in [0, 0.05) is 25.3 Å². The third kappa shape index (κ3) is 2.22. The summed E-state index contributed by atoms with van der Waals surface area (Å²) in [6.45, 7) is 1.35. The molecule has 5 nitrogen and oxygen atoms in total. The average Bonchev–Trinajstić information content (AvgIpc) is 2.87. The zero-order valence-electron chi connectivity index (χ0n) is 10.0. The number of carbonyl (C=O) groups is 1. The zero-order chi connectivity index (χ0) is 12.4. The summed E-state index contributed by atoms with van der Waals surface area (Å²) in [5, 5.41) is 7.08. The Balaban J connectivity index is 1.72. The van der Waals surface area contributed by atoms with Crippen molar-refractivity contribution in [2.75, 3.05) is 18.5 Å². The highest BCUT2D eigenvalue weighted by molar-refractivity contribution is 5.92. The second-order valence-corrected chi connectivity index (χ2v) is 4.49. The van der Waals surface area contributed by atoms with E-state index in [1.54, 1.807) is 10.7 Å². The molecule has 0 aliphatic carbocycles. The Bertz CT molecular complexity index is 558. The monoisotopic (exact) mass is 245 g/mol. The maximum atomic E-state index is 12.0. The summed E-state index contributed by atoms with van der Waals surface area (Å²) in [4.78, 5) is 12.0. The third-order valence-corrected chi connectivity index (χ3v) is 3.26. The van der Waals surface area contributed by atoms with Crippen molar-refractivity contribution in [3.63, 3.8) is 0 Å². The molecule has 18 heavy (non-hydrogen) atoms. The Morgan fingerprint density at radius 2 is 2.17 bits per heavy atom. The Labute approximate surface area is 105 Å². The van der Waals surface area contributed by atoms with Crippen molar-refractivity contribution in [1.82, 2.24) is 9.61 Å². The molecular formula is C13H15N3O2. The van der Waals surface area contributed by atoms with E-state index in [2.05, 4.69) is 10.4 Å². The number of nitrogens with zero attached hydrogens (tertiary/aromatic N) is 2. The Morgan fingerprint density at radius 1 is 1.33 bits per heavy atom. The van der Waals surface area contributed by atoms with Gasteiger partial charge in [0.1, 0.15) is 0 Å². The fraction of sp³-hybridized carbons (Fsp3) is 0.385. The standard InChI is InChI=1S/C13H15N3O2/c17-13(10-4-7-18-8-5-10)15-11-1-2-12-3-6-14-16(12)9-11/h1-3,6,9-10H,4-5,7-8H2,(H,15,17). The van der Waals surface area contributed by atoms with Gasteiger partial charge in [-0.15, -0.1) is 0 Å². The molecule has 1 fully saturated rings. The molecule has 0 atom stereocenters. The van der Waals surface area contributed by atoms with Gasteiger partial charge in [0.2, 0.25) is 5.91 Å². The second kappa shape index (κ2) is 4.78. The summed E-state index contributed by atoms with van der Waals surface area (Å²) in [5.41, 5.74) is 1.79. The molecule has 3 rings (SSSR count). The lowest BCUT2D eigenvalue weighted by Crippen LogP contribution is -2.28. The molecule has 1 aliphatic heterocycles. The number of amides is 1. The van der Waals surface area contributed by atoms with Gasteiger partial charge in [0.25, 0.3) is 0 Å². The van der Waals surface area contributed by atoms with Gasteiger partial charge in [0.15, 0.2) is 0 Å². The fourth-order valence-electron chi connectivity index (χ4n) is 2.19. The van der Waals surface area contributed by atoms with Gasteiger partial charge in [-0.3, -0.25) is 4.79 Å².